The van der Waals surface area contributed by atoms with Crippen molar-refractivity contribution in [3.8, 4) is 0 Å². The van der Waals surface area contributed by atoms with Crippen LogP contribution in [-0.4, -0.2) is 17.3 Å². The van der Waals surface area contributed by atoms with E-state index in [4.69, 9.17) is 5.73 Å². The number of fused-ring (bicyclic) bond motifs is 2. The maximum Gasteiger partial charge on any atom is 0.160 e. The van der Waals surface area contributed by atoms with Crippen LogP contribution in [0.15, 0.2) is 72.9 Å². The van der Waals surface area contributed by atoms with E-state index >= 15 is 0 Å². The van der Waals surface area contributed by atoms with Gasteiger partial charge in [0, 0.05) is 35.2 Å². The lowest BCUT2D eigenvalue weighted by molar-refractivity contribution is -0.113. The van der Waals surface area contributed by atoms with Crippen molar-refractivity contribution >= 4 is 28.4 Å². The molecular formula is C30H32FN3O. The van der Waals surface area contributed by atoms with Crippen LogP contribution >= 0.6 is 0 Å². The number of halogens is 1. The topological polar surface area (TPSA) is 70.9 Å². The molecule has 0 amide bonds. The minimum atomic E-state index is -0.395. The molecule has 0 radical (unpaired) electrons. The number of H-pyrrole nitrogens is 1. The van der Waals surface area contributed by atoms with Gasteiger partial charge in [0.1, 0.15) is 5.82 Å². The maximum absolute atomic E-state index is 13.2. The molecule has 35 heavy (non-hydrogen) atoms. The van der Waals surface area contributed by atoms with E-state index in [2.05, 4.69) is 59.0 Å². The Morgan fingerprint density at radius 2 is 1.97 bits per heavy atom. The summed E-state index contributed by atoms with van der Waals surface area (Å²) in [5.74, 6) is -0.455. The first-order valence-corrected chi connectivity index (χ1v) is 11.7. The Balaban J connectivity index is 0.00000289. The van der Waals surface area contributed by atoms with Crippen LogP contribution in [0.3, 0.4) is 0 Å². The summed E-state index contributed by atoms with van der Waals surface area (Å²) in [5.41, 5.74) is 13.0. The number of para-hydroxylation sites is 1. The standard InChI is InChI=1S/C29H28FN3O.CH4/c30-23-9-7-21(27(31)17-23)16-24(34)10-5-19-6-11-26-20(15-19)8-12-29(26)32-14-13-22-18-33-28-4-2-1-3-25(22)28;/h1-7,9-11,15,17-18,29,32-33H,8,12-14,16,31H2;1H4/b10-5+;. The third kappa shape index (κ3) is 5.52. The van der Waals surface area contributed by atoms with Crippen molar-refractivity contribution < 1.29 is 9.18 Å². The molecule has 0 aliphatic heterocycles. The number of ketones is 1. The highest BCUT2D eigenvalue weighted by Gasteiger charge is 2.21. The molecule has 3 aromatic carbocycles. The summed E-state index contributed by atoms with van der Waals surface area (Å²) in [4.78, 5) is 15.7. The number of hydrogen-bond acceptors (Lipinski definition) is 3. The van der Waals surface area contributed by atoms with E-state index in [1.54, 1.807) is 12.1 Å². The molecule has 0 spiro atoms. The molecule has 4 aromatic rings. The second kappa shape index (κ2) is 10.7. The summed E-state index contributed by atoms with van der Waals surface area (Å²) in [6.45, 7) is 0.925. The largest absolute Gasteiger partial charge is 0.398 e. The van der Waals surface area contributed by atoms with Crippen LogP contribution in [0.5, 0.6) is 0 Å². The maximum atomic E-state index is 13.2. The van der Waals surface area contributed by atoms with Crippen molar-refractivity contribution in [1.29, 1.82) is 0 Å². The summed E-state index contributed by atoms with van der Waals surface area (Å²) in [6.07, 6.45) is 8.80. The predicted molar refractivity (Wildman–Crippen MR) is 143 cm³/mol. The number of nitrogens with one attached hydrogen (secondary N) is 2. The van der Waals surface area contributed by atoms with Crippen LogP contribution in [0.2, 0.25) is 0 Å². The van der Waals surface area contributed by atoms with Gasteiger partial charge in [-0.25, -0.2) is 4.39 Å². The molecule has 4 N–H and O–H groups in total. The predicted octanol–water partition coefficient (Wildman–Crippen LogP) is 6.17. The number of carbonyl (C=O) groups is 1. The van der Waals surface area contributed by atoms with Crippen molar-refractivity contribution in [2.24, 2.45) is 0 Å². The summed E-state index contributed by atoms with van der Waals surface area (Å²) in [7, 11) is 0. The second-order valence-electron chi connectivity index (χ2n) is 8.93. The molecule has 1 atom stereocenters. The first kappa shape index (κ1) is 24.4. The molecule has 180 valence electrons. The smallest absolute Gasteiger partial charge is 0.160 e. The minimum absolute atomic E-state index is 0. The Kier molecular flexibility index (Phi) is 7.47. The lowest BCUT2D eigenvalue weighted by Crippen LogP contribution is -2.21. The number of anilines is 1. The van der Waals surface area contributed by atoms with Crippen LogP contribution in [0.25, 0.3) is 17.0 Å². The molecule has 1 aliphatic carbocycles. The first-order chi connectivity index (χ1) is 16.6. The fourth-order valence-electron chi connectivity index (χ4n) is 4.84. The van der Waals surface area contributed by atoms with Crippen LogP contribution in [-0.2, 0) is 24.1 Å². The molecule has 5 rings (SSSR count). The zero-order valence-corrected chi connectivity index (χ0v) is 19.0. The number of benzene rings is 3. The van der Waals surface area contributed by atoms with Crippen LogP contribution in [0, 0.1) is 5.82 Å². The fourth-order valence-corrected chi connectivity index (χ4v) is 4.84. The van der Waals surface area contributed by atoms with Gasteiger partial charge in [0.25, 0.3) is 0 Å². The highest BCUT2D eigenvalue weighted by atomic mass is 19.1. The van der Waals surface area contributed by atoms with Gasteiger partial charge in [0.15, 0.2) is 5.78 Å². The quantitative estimate of drug-likeness (QED) is 0.213. The highest BCUT2D eigenvalue weighted by Crippen LogP contribution is 2.32. The fraction of sp³-hybridized carbons (Fsp3) is 0.233. The zero-order chi connectivity index (χ0) is 23.5. The summed E-state index contributed by atoms with van der Waals surface area (Å²) in [6, 6.07) is 19.3. The lowest BCUT2D eigenvalue weighted by atomic mass is 10.0. The summed E-state index contributed by atoms with van der Waals surface area (Å²) in [5, 5.41) is 5.02. The van der Waals surface area contributed by atoms with Gasteiger partial charge >= 0.3 is 0 Å². The number of carbonyl (C=O) groups excluding carboxylic acids is 1. The van der Waals surface area contributed by atoms with Gasteiger partial charge in [-0.15, -0.1) is 0 Å². The Labute approximate surface area is 206 Å². The Hall–Kier alpha value is -3.70. The molecule has 1 unspecified atom stereocenters. The van der Waals surface area contributed by atoms with E-state index in [9.17, 15) is 9.18 Å². The van der Waals surface area contributed by atoms with E-state index in [1.165, 1.54) is 39.7 Å². The van der Waals surface area contributed by atoms with Gasteiger partial charge in [0.05, 0.1) is 0 Å². The number of nitrogen functional groups attached to an aromatic ring is 1. The number of aryl methyl sites for hydroxylation is 1. The van der Waals surface area contributed by atoms with E-state index in [0.717, 1.165) is 31.4 Å². The van der Waals surface area contributed by atoms with E-state index in [0.29, 0.717) is 17.3 Å². The molecular weight excluding hydrogens is 437 g/mol. The first-order valence-electron chi connectivity index (χ1n) is 11.7. The average molecular weight is 470 g/mol. The van der Waals surface area contributed by atoms with Crippen molar-refractivity contribution in [1.82, 2.24) is 10.3 Å². The van der Waals surface area contributed by atoms with E-state index in [1.807, 2.05) is 6.08 Å². The molecule has 0 bridgehead atoms. The molecule has 1 heterocycles. The zero-order valence-electron chi connectivity index (χ0n) is 19.0. The third-order valence-electron chi connectivity index (χ3n) is 6.64. The van der Waals surface area contributed by atoms with Gasteiger partial charge in [-0.3, -0.25) is 4.79 Å². The number of aromatic nitrogens is 1. The second-order valence-corrected chi connectivity index (χ2v) is 8.93. The molecule has 0 saturated heterocycles. The van der Waals surface area contributed by atoms with Crippen LogP contribution in [0.4, 0.5) is 10.1 Å². The van der Waals surface area contributed by atoms with Gasteiger partial charge in [-0.05, 0) is 77.9 Å². The van der Waals surface area contributed by atoms with Gasteiger partial charge in [-0.1, -0.05) is 56.0 Å². The molecule has 5 heteroatoms. The Morgan fingerprint density at radius 1 is 1.11 bits per heavy atom. The number of rotatable bonds is 8. The highest BCUT2D eigenvalue weighted by molar-refractivity contribution is 5.95. The average Bonchev–Trinajstić information content (AvgIpc) is 3.44. The number of allylic oxidation sites excluding steroid dienone is 1. The number of nitrogens with two attached hydrogens (primary N) is 1. The molecule has 1 aromatic heterocycles. The SMILES string of the molecule is C.Nc1cc(F)ccc1CC(=O)/C=C/c1ccc2c(c1)CCC2NCCc1c[nH]c2ccccc12. The van der Waals surface area contributed by atoms with Crippen LogP contribution in [0.1, 0.15) is 47.7 Å². The van der Waals surface area contributed by atoms with Crippen molar-refractivity contribution in [3.63, 3.8) is 0 Å². The lowest BCUT2D eigenvalue weighted by Gasteiger charge is -2.14. The molecule has 0 fully saturated rings. The molecule has 4 nitrogen and oxygen atoms in total. The number of aromatic amines is 1. The normalized spacial score (nSPS) is 14.8. The van der Waals surface area contributed by atoms with E-state index in [-0.39, 0.29) is 19.6 Å². The molecule has 0 saturated carbocycles. The van der Waals surface area contributed by atoms with E-state index < -0.39 is 5.82 Å². The minimum Gasteiger partial charge on any atom is -0.398 e. The van der Waals surface area contributed by atoms with Crippen molar-refractivity contribution in [2.45, 2.75) is 39.2 Å². The Bertz CT molecular complexity index is 1370. The summed E-state index contributed by atoms with van der Waals surface area (Å²) >= 11 is 0. The van der Waals surface area contributed by atoms with Gasteiger partial charge in [0.2, 0.25) is 0 Å². The van der Waals surface area contributed by atoms with Gasteiger partial charge < -0.3 is 16.0 Å². The van der Waals surface area contributed by atoms with Crippen molar-refractivity contribution in [3.05, 3.63) is 107 Å². The Morgan fingerprint density at radius 3 is 2.83 bits per heavy atom. The number of hydrogen-bond donors (Lipinski definition) is 3. The van der Waals surface area contributed by atoms with Crippen LogP contribution < -0.4 is 11.1 Å². The molecule has 1 aliphatic rings. The summed E-state index contributed by atoms with van der Waals surface area (Å²) < 4.78 is 13.2. The monoisotopic (exact) mass is 469 g/mol. The third-order valence-corrected chi connectivity index (χ3v) is 6.64. The van der Waals surface area contributed by atoms with Gasteiger partial charge in [-0.2, -0.15) is 0 Å². The van der Waals surface area contributed by atoms with Crippen molar-refractivity contribution in [2.75, 3.05) is 12.3 Å².